The quantitative estimate of drug-likeness (QED) is 0.572. The van der Waals surface area contributed by atoms with E-state index in [1.54, 1.807) is 20.8 Å². The molecule has 0 atom stereocenters. The number of hydrogen-bond acceptors (Lipinski definition) is 3. The summed E-state index contributed by atoms with van der Waals surface area (Å²) in [5, 5.41) is 3.30. The van der Waals surface area contributed by atoms with Gasteiger partial charge in [-0.15, -0.1) is 0 Å². The van der Waals surface area contributed by atoms with Crippen molar-refractivity contribution in [1.29, 1.82) is 0 Å². The lowest BCUT2D eigenvalue weighted by Gasteiger charge is -2.20. The number of hydrazine groups is 1. The molecule has 6 heteroatoms. The molecule has 0 aliphatic rings. The van der Waals surface area contributed by atoms with E-state index in [4.69, 9.17) is 17.0 Å². The minimum Gasteiger partial charge on any atom is -0.443 e. The molecule has 104 valence electrons. The van der Waals surface area contributed by atoms with E-state index in [0.29, 0.717) is 11.7 Å². The first-order valence-corrected chi connectivity index (χ1v) is 6.34. The topological polar surface area (TPSA) is 62.4 Å². The van der Waals surface area contributed by atoms with Crippen LogP contribution >= 0.6 is 12.2 Å². The first-order valence-electron chi connectivity index (χ1n) is 5.93. The molecule has 0 saturated heterocycles. The van der Waals surface area contributed by atoms with Crippen molar-refractivity contribution >= 4 is 23.4 Å². The fourth-order valence-corrected chi connectivity index (χ4v) is 1.36. The molecule has 0 radical (unpaired) electrons. The van der Waals surface area contributed by atoms with Gasteiger partial charge in [0.2, 0.25) is 0 Å². The van der Waals surface area contributed by atoms with Crippen LogP contribution in [0.3, 0.4) is 0 Å². The van der Waals surface area contributed by atoms with Gasteiger partial charge in [0, 0.05) is 6.54 Å². The van der Waals surface area contributed by atoms with Crippen LogP contribution in [0, 0.1) is 0 Å². The Bertz CT molecular complexity index is 429. The summed E-state index contributed by atoms with van der Waals surface area (Å²) in [4.78, 5) is 11.4. The van der Waals surface area contributed by atoms with E-state index in [0.717, 1.165) is 5.56 Å². The minimum absolute atomic E-state index is 0.328. The first-order chi connectivity index (χ1) is 8.87. The maximum absolute atomic E-state index is 11.4. The molecule has 1 aromatic rings. The van der Waals surface area contributed by atoms with Gasteiger partial charge in [0.05, 0.1) is 0 Å². The molecule has 5 nitrogen and oxygen atoms in total. The van der Waals surface area contributed by atoms with Gasteiger partial charge in [-0.2, -0.15) is 0 Å². The van der Waals surface area contributed by atoms with Gasteiger partial charge < -0.3 is 10.1 Å². The van der Waals surface area contributed by atoms with Gasteiger partial charge in [0.15, 0.2) is 5.11 Å². The van der Waals surface area contributed by atoms with Crippen LogP contribution in [-0.4, -0.2) is 16.8 Å². The highest BCUT2D eigenvalue weighted by Crippen LogP contribution is 2.05. The van der Waals surface area contributed by atoms with Crippen molar-refractivity contribution in [2.75, 3.05) is 0 Å². The van der Waals surface area contributed by atoms with Crippen molar-refractivity contribution in [3.8, 4) is 0 Å². The molecule has 0 spiro atoms. The molecule has 0 bridgehead atoms. The normalized spacial score (nSPS) is 10.5. The van der Waals surface area contributed by atoms with Crippen molar-refractivity contribution < 1.29 is 9.53 Å². The molecule has 0 aliphatic carbocycles. The van der Waals surface area contributed by atoms with Crippen LogP contribution in [-0.2, 0) is 11.3 Å². The van der Waals surface area contributed by atoms with E-state index in [1.165, 1.54) is 0 Å². The second-order valence-electron chi connectivity index (χ2n) is 4.92. The molecule has 0 aliphatic heterocycles. The van der Waals surface area contributed by atoms with Crippen LogP contribution in [0.1, 0.15) is 26.3 Å². The number of amides is 1. The maximum atomic E-state index is 11.4. The predicted molar refractivity (Wildman–Crippen MR) is 78.4 cm³/mol. The summed E-state index contributed by atoms with van der Waals surface area (Å²) >= 11 is 5.02. The zero-order chi connectivity index (χ0) is 14.3. The molecule has 0 unspecified atom stereocenters. The minimum atomic E-state index is -0.573. The number of carbonyl (C=O) groups excluding carboxylic acids is 1. The highest BCUT2D eigenvalue weighted by atomic mass is 32.1. The molecular formula is C13H19N3O2S. The lowest BCUT2D eigenvalue weighted by molar-refractivity contribution is 0.0513. The third-order valence-electron chi connectivity index (χ3n) is 1.97. The zero-order valence-electron chi connectivity index (χ0n) is 11.3. The molecule has 19 heavy (non-hydrogen) atoms. The van der Waals surface area contributed by atoms with E-state index in [9.17, 15) is 4.79 Å². The Morgan fingerprint density at radius 2 is 1.84 bits per heavy atom. The van der Waals surface area contributed by atoms with Crippen LogP contribution in [0.5, 0.6) is 0 Å². The Labute approximate surface area is 118 Å². The van der Waals surface area contributed by atoms with E-state index in [-0.39, 0.29) is 0 Å². The number of ether oxygens (including phenoxy) is 1. The Morgan fingerprint density at radius 3 is 2.42 bits per heavy atom. The van der Waals surface area contributed by atoms with Crippen LogP contribution in [0.2, 0.25) is 0 Å². The molecule has 0 saturated carbocycles. The summed E-state index contributed by atoms with van der Waals surface area (Å²) < 4.78 is 5.05. The number of nitrogens with one attached hydrogen (secondary N) is 3. The summed E-state index contributed by atoms with van der Waals surface area (Å²) in [6.45, 7) is 5.96. The Balaban J connectivity index is 2.23. The Kier molecular flexibility index (Phi) is 5.57. The highest BCUT2D eigenvalue weighted by Gasteiger charge is 2.15. The average molecular weight is 281 g/mol. The molecule has 0 heterocycles. The van der Waals surface area contributed by atoms with Crippen LogP contribution in [0.4, 0.5) is 4.79 Å². The fraction of sp³-hybridized carbons (Fsp3) is 0.385. The summed E-state index contributed by atoms with van der Waals surface area (Å²) in [7, 11) is 0. The summed E-state index contributed by atoms with van der Waals surface area (Å²) in [6.07, 6.45) is -0.573. The number of benzene rings is 1. The molecule has 1 rings (SSSR count). The van der Waals surface area contributed by atoms with Crippen molar-refractivity contribution in [3.05, 3.63) is 35.9 Å². The van der Waals surface area contributed by atoms with Crippen molar-refractivity contribution in [2.24, 2.45) is 0 Å². The molecular weight excluding hydrogens is 262 g/mol. The monoisotopic (exact) mass is 281 g/mol. The highest BCUT2D eigenvalue weighted by molar-refractivity contribution is 7.80. The number of hydrogen-bond donors (Lipinski definition) is 3. The van der Waals surface area contributed by atoms with Gasteiger partial charge in [0.1, 0.15) is 5.60 Å². The second-order valence-corrected chi connectivity index (χ2v) is 5.33. The average Bonchev–Trinajstić information content (AvgIpc) is 2.33. The lowest BCUT2D eigenvalue weighted by atomic mass is 10.2. The Morgan fingerprint density at radius 1 is 1.21 bits per heavy atom. The van der Waals surface area contributed by atoms with Gasteiger partial charge in [0.25, 0.3) is 0 Å². The zero-order valence-corrected chi connectivity index (χ0v) is 12.1. The number of rotatable bonds is 2. The third kappa shape index (κ3) is 7.25. The van der Waals surface area contributed by atoms with Crippen LogP contribution in [0.25, 0.3) is 0 Å². The van der Waals surface area contributed by atoms with Gasteiger partial charge in [-0.05, 0) is 38.6 Å². The van der Waals surface area contributed by atoms with Gasteiger partial charge in [-0.3, -0.25) is 5.43 Å². The van der Waals surface area contributed by atoms with Crippen LogP contribution in [0.15, 0.2) is 30.3 Å². The molecule has 1 aromatic carbocycles. The fourth-order valence-electron chi connectivity index (χ4n) is 1.23. The SMILES string of the molecule is CC(C)(C)OC(=O)NNC(=S)NCc1ccccc1. The first kappa shape index (κ1) is 15.2. The lowest BCUT2D eigenvalue weighted by Crippen LogP contribution is -2.48. The van der Waals surface area contributed by atoms with Crippen molar-refractivity contribution in [1.82, 2.24) is 16.2 Å². The molecule has 1 amide bonds. The maximum Gasteiger partial charge on any atom is 0.426 e. The summed E-state index contributed by atoms with van der Waals surface area (Å²) in [5.41, 5.74) is 5.50. The van der Waals surface area contributed by atoms with Crippen molar-refractivity contribution in [2.45, 2.75) is 32.9 Å². The molecule has 0 aromatic heterocycles. The van der Waals surface area contributed by atoms with E-state index < -0.39 is 11.7 Å². The number of carbonyl (C=O) groups is 1. The number of thiocarbonyl (C=S) groups is 1. The van der Waals surface area contributed by atoms with E-state index in [1.807, 2.05) is 30.3 Å². The standard InChI is InChI=1S/C13H19N3O2S/c1-13(2,3)18-12(17)16-15-11(19)14-9-10-7-5-4-6-8-10/h4-8H,9H2,1-3H3,(H,16,17)(H2,14,15,19). The smallest absolute Gasteiger partial charge is 0.426 e. The van der Waals surface area contributed by atoms with Crippen molar-refractivity contribution in [3.63, 3.8) is 0 Å². The van der Waals surface area contributed by atoms with Gasteiger partial charge in [-0.25, -0.2) is 10.2 Å². The summed E-state index contributed by atoms with van der Waals surface area (Å²) in [6, 6.07) is 9.82. The van der Waals surface area contributed by atoms with Gasteiger partial charge in [-0.1, -0.05) is 30.3 Å². The molecule has 3 N–H and O–H groups in total. The van der Waals surface area contributed by atoms with E-state index >= 15 is 0 Å². The Hall–Kier alpha value is -1.82. The third-order valence-corrected chi connectivity index (χ3v) is 2.22. The predicted octanol–water partition coefficient (Wildman–Crippen LogP) is 2.09. The van der Waals surface area contributed by atoms with Gasteiger partial charge >= 0.3 is 6.09 Å². The van der Waals surface area contributed by atoms with Crippen LogP contribution < -0.4 is 16.2 Å². The largest absolute Gasteiger partial charge is 0.443 e. The second kappa shape index (κ2) is 6.94. The van der Waals surface area contributed by atoms with E-state index in [2.05, 4.69) is 16.2 Å². The summed E-state index contributed by atoms with van der Waals surface area (Å²) in [5.74, 6) is 0. The molecule has 0 fully saturated rings.